The van der Waals surface area contributed by atoms with Crippen molar-refractivity contribution in [1.82, 2.24) is 0 Å². The number of benzene rings is 2. The summed E-state index contributed by atoms with van der Waals surface area (Å²) in [4.78, 5) is 0. The highest BCUT2D eigenvalue weighted by Crippen LogP contribution is 2.24. The molecule has 0 aromatic heterocycles. The van der Waals surface area contributed by atoms with Crippen LogP contribution in [0.1, 0.15) is 22.3 Å². The maximum absolute atomic E-state index is 13.0. The highest BCUT2D eigenvalue weighted by atomic mass is 19.1. The van der Waals surface area contributed by atoms with Crippen LogP contribution in [-0.2, 0) is 6.61 Å². The summed E-state index contributed by atoms with van der Waals surface area (Å²) in [5.41, 5.74) is 4.17. The Morgan fingerprint density at radius 2 is 1.61 bits per heavy atom. The second kappa shape index (κ2) is 5.21. The molecule has 0 saturated heterocycles. The van der Waals surface area contributed by atoms with Crippen LogP contribution in [-0.4, -0.2) is 0 Å². The van der Waals surface area contributed by atoms with E-state index in [9.17, 15) is 4.39 Å². The molecule has 0 aliphatic carbocycles. The van der Waals surface area contributed by atoms with Crippen LogP contribution >= 0.6 is 0 Å². The molecular weight excluding hydrogens is 227 g/mol. The minimum Gasteiger partial charge on any atom is -0.488 e. The third-order valence-electron chi connectivity index (χ3n) is 3.09. The van der Waals surface area contributed by atoms with Gasteiger partial charge in [-0.15, -0.1) is 0 Å². The van der Waals surface area contributed by atoms with Gasteiger partial charge in [0.05, 0.1) is 0 Å². The number of halogens is 1. The molecule has 0 heterocycles. The SMILES string of the molecule is Cc1cc(F)ccc1COc1c(C)cccc1C. The molecule has 2 rings (SSSR count). The fourth-order valence-corrected chi connectivity index (χ4v) is 2.00. The maximum Gasteiger partial charge on any atom is 0.125 e. The first kappa shape index (κ1) is 12.6. The van der Waals surface area contributed by atoms with Crippen LogP contribution in [0, 0.1) is 26.6 Å². The molecule has 2 aromatic rings. The van der Waals surface area contributed by atoms with Crippen LogP contribution in [0.4, 0.5) is 4.39 Å². The summed E-state index contributed by atoms with van der Waals surface area (Å²) in [6, 6.07) is 10.8. The zero-order valence-electron chi connectivity index (χ0n) is 11.0. The van der Waals surface area contributed by atoms with Crippen LogP contribution < -0.4 is 4.74 Å². The number of hydrogen-bond acceptors (Lipinski definition) is 1. The van der Waals surface area contributed by atoms with Crippen LogP contribution in [0.2, 0.25) is 0 Å². The Bertz CT molecular complexity index is 541. The van der Waals surface area contributed by atoms with Gasteiger partial charge in [-0.1, -0.05) is 24.3 Å². The van der Waals surface area contributed by atoms with E-state index in [1.54, 1.807) is 6.07 Å². The van der Waals surface area contributed by atoms with Crippen molar-refractivity contribution in [2.24, 2.45) is 0 Å². The molecular formula is C16H17FO. The summed E-state index contributed by atoms with van der Waals surface area (Å²) in [5, 5.41) is 0. The summed E-state index contributed by atoms with van der Waals surface area (Å²) in [6.07, 6.45) is 0. The molecule has 0 spiro atoms. The van der Waals surface area contributed by atoms with E-state index in [0.717, 1.165) is 28.0 Å². The van der Waals surface area contributed by atoms with Crippen molar-refractivity contribution in [3.63, 3.8) is 0 Å². The molecule has 0 radical (unpaired) electrons. The highest BCUT2D eigenvalue weighted by Gasteiger charge is 2.05. The summed E-state index contributed by atoms with van der Waals surface area (Å²) in [6.45, 7) is 6.42. The van der Waals surface area contributed by atoms with E-state index < -0.39 is 0 Å². The van der Waals surface area contributed by atoms with Crippen LogP contribution in [0.3, 0.4) is 0 Å². The number of para-hydroxylation sites is 1. The van der Waals surface area contributed by atoms with Gasteiger partial charge in [0.1, 0.15) is 18.2 Å². The molecule has 2 heteroatoms. The molecule has 18 heavy (non-hydrogen) atoms. The molecule has 2 aromatic carbocycles. The number of hydrogen-bond donors (Lipinski definition) is 0. The minimum atomic E-state index is -0.205. The monoisotopic (exact) mass is 244 g/mol. The topological polar surface area (TPSA) is 9.23 Å². The standard InChI is InChI=1S/C16H17FO/c1-11-5-4-6-12(2)16(11)18-10-14-7-8-15(17)9-13(14)3/h4-9H,10H2,1-3H3. The van der Waals surface area contributed by atoms with E-state index in [0.29, 0.717) is 6.61 Å². The first-order chi connectivity index (χ1) is 8.58. The van der Waals surface area contributed by atoms with E-state index in [1.165, 1.54) is 12.1 Å². The van der Waals surface area contributed by atoms with Crippen molar-refractivity contribution in [2.45, 2.75) is 27.4 Å². The largest absolute Gasteiger partial charge is 0.488 e. The highest BCUT2D eigenvalue weighted by molar-refractivity contribution is 5.40. The van der Waals surface area contributed by atoms with E-state index in [-0.39, 0.29) is 5.82 Å². The molecule has 0 bridgehead atoms. The fraction of sp³-hybridized carbons (Fsp3) is 0.250. The van der Waals surface area contributed by atoms with E-state index in [2.05, 4.69) is 0 Å². The van der Waals surface area contributed by atoms with Gasteiger partial charge in [-0.3, -0.25) is 0 Å². The van der Waals surface area contributed by atoms with Gasteiger partial charge in [0.15, 0.2) is 0 Å². The van der Waals surface area contributed by atoms with Gasteiger partial charge in [-0.25, -0.2) is 4.39 Å². The van der Waals surface area contributed by atoms with E-state index >= 15 is 0 Å². The zero-order valence-corrected chi connectivity index (χ0v) is 11.0. The Labute approximate surface area is 107 Å². The maximum atomic E-state index is 13.0. The Morgan fingerprint density at radius 3 is 2.22 bits per heavy atom. The Kier molecular flexibility index (Phi) is 3.66. The Hall–Kier alpha value is -1.83. The lowest BCUT2D eigenvalue weighted by Crippen LogP contribution is -2.01. The molecule has 0 atom stereocenters. The third kappa shape index (κ3) is 2.70. The number of aryl methyl sites for hydroxylation is 3. The normalized spacial score (nSPS) is 10.4. The lowest BCUT2D eigenvalue weighted by molar-refractivity contribution is 0.301. The predicted molar refractivity (Wildman–Crippen MR) is 71.4 cm³/mol. The molecule has 0 N–H and O–H groups in total. The second-order valence-electron chi connectivity index (χ2n) is 4.58. The van der Waals surface area contributed by atoms with E-state index in [1.807, 2.05) is 39.0 Å². The number of rotatable bonds is 3. The predicted octanol–water partition coefficient (Wildman–Crippen LogP) is 4.33. The van der Waals surface area contributed by atoms with Crippen molar-refractivity contribution in [1.29, 1.82) is 0 Å². The summed E-state index contributed by atoms with van der Waals surface area (Å²) < 4.78 is 18.9. The molecule has 0 fully saturated rings. The van der Waals surface area contributed by atoms with Crippen LogP contribution in [0.15, 0.2) is 36.4 Å². The molecule has 94 valence electrons. The first-order valence-corrected chi connectivity index (χ1v) is 6.02. The average molecular weight is 244 g/mol. The smallest absolute Gasteiger partial charge is 0.125 e. The van der Waals surface area contributed by atoms with Crippen molar-refractivity contribution in [3.05, 3.63) is 64.5 Å². The molecule has 0 amide bonds. The van der Waals surface area contributed by atoms with Gasteiger partial charge in [0, 0.05) is 0 Å². The molecule has 0 aliphatic rings. The summed E-state index contributed by atoms with van der Waals surface area (Å²) in [5.74, 6) is 0.713. The van der Waals surface area contributed by atoms with Crippen LogP contribution in [0.25, 0.3) is 0 Å². The third-order valence-corrected chi connectivity index (χ3v) is 3.09. The second-order valence-corrected chi connectivity index (χ2v) is 4.58. The average Bonchev–Trinajstić information content (AvgIpc) is 2.31. The first-order valence-electron chi connectivity index (χ1n) is 6.02. The van der Waals surface area contributed by atoms with Crippen molar-refractivity contribution < 1.29 is 9.13 Å². The fourth-order valence-electron chi connectivity index (χ4n) is 2.00. The van der Waals surface area contributed by atoms with Crippen LogP contribution in [0.5, 0.6) is 5.75 Å². The molecule has 0 unspecified atom stereocenters. The number of ether oxygens (including phenoxy) is 1. The van der Waals surface area contributed by atoms with E-state index in [4.69, 9.17) is 4.74 Å². The van der Waals surface area contributed by atoms with Gasteiger partial charge in [-0.2, -0.15) is 0 Å². The summed E-state index contributed by atoms with van der Waals surface area (Å²) >= 11 is 0. The van der Waals surface area contributed by atoms with Crippen molar-refractivity contribution in [2.75, 3.05) is 0 Å². The van der Waals surface area contributed by atoms with Gasteiger partial charge in [0.25, 0.3) is 0 Å². The van der Waals surface area contributed by atoms with Crippen molar-refractivity contribution in [3.8, 4) is 5.75 Å². The lowest BCUT2D eigenvalue weighted by Gasteiger charge is -2.13. The molecule has 0 saturated carbocycles. The zero-order chi connectivity index (χ0) is 13.1. The molecule has 1 nitrogen and oxygen atoms in total. The van der Waals surface area contributed by atoms with Gasteiger partial charge >= 0.3 is 0 Å². The van der Waals surface area contributed by atoms with Crippen molar-refractivity contribution >= 4 is 0 Å². The summed E-state index contributed by atoms with van der Waals surface area (Å²) in [7, 11) is 0. The minimum absolute atomic E-state index is 0.205. The molecule has 0 aliphatic heterocycles. The van der Waals surface area contributed by atoms with Gasteiger partial charge < -0.3 is 4.74 Å². The lowest BCUT2D eigenvalue weighted by atomic mass is 10.1. The van der Waals surface area contributed by atoms with Gasteiger partial charge in [0.2, 0.25) is 0 Å². The Balaban J connectivity index is 2.16. The Morgan fingerprint density at radius 1 is 0.944 bits per heavy atom. The quantitative estimate of drug-likeness (QED) is 0.780. The van der Waals surface area contributed by atoms with Gasteiger partial charge in [-0.05, 0) is 55.2 Å².